The van der Waals surface area contributed by atoms with Crippen LogP contribution < -0.4 is 21.5 Å². The standard InChI is InChI=1S/C13H16BrF2N5O/c1-12(2,16)10-19-11(17)21-13(18,20-10)8-7(15)5-4-6(14)9(8)22-3/h4-5H,18H2,1-3H3,(H3,17,19,20,21). The molecule has 0 amide bonds. The van der Waals surface area contributed by atoms with Gasteiger partial charge in [0.2, 0.25) is 5.79 Å². The monoisotopic (exact) mass is 375 g/mol. The number of nitrogens with one attached hydrogen (secondary N) is 1. The third-order valence-corrected chi connectivity index (χ3v) is 3.64. The zero-order valence-corrected chi connectivity index (χ0v) is 13.8. The number of ether oxygens (including phenoxy) is 1. The molecule has 6 nitrogen and oxygen atoms in total. The Morgan fingerprint density at radius 2 is 2.00 bits per heavy atom. The molecule has 120 valence electrons. The topological polar surface area (TPSA) is 98.0 Å². The summed E-state index contributed by atoms with van der Waals surface area (Å²) in [7, 11) is 1.35. The average Bonchev–Trinajstić information content (AvgIpc) is 2.38. The third kappa shape index (κ3) is 2.91. The third-order valence-electron chi connectivity index (χ3n) is 3.01. The van der Waals surface area contributed by atoms with Gasteiger partial charge in [-0.05, 0) is 41.9 Å². The molecule has 1 aliphatic heterocycles. The molecule has 9 heteroatoms. The Morgan fingerprint density at radius 1 is 1.36 bits per heavy atom. The highest BCUT2D eigenvalue weighted by molar-refractivity contribution is 9.10. The Hall–Kier alpha value is -1.74. The number of guanidine groups is 1. The van der Waals surface area contributed by atoms with E-state index in [1.165, 1.54) is 33.1 Å². The van der Waals surface area contributed by atoms with Crippen LogP contribution in [-0.4, -0.2) is 24.6 Å². The maximum absolute atomic E-state index is 14.3. The van der Waals surface area contributed by atoms with Gasteiger partial charge in [0.25, 0.3) is 0 Å². The van der Waals surface area contributed by atoms with Crippen molar-refractivity contribution in [3.8, 4) is 5.75 Å². The summed E-state index contributed by atoms with van der Waals surface area (Å²) >= 11 is 3.24. The second kappa shape index (κ2) is 5.47. The summed E-state index contributed by atoms with van der Waals surface area (Å²) in [5, 5.41) is 2.50. The van der Waals surface area contributed by atoms with E-state index in [0.717, 1.165) is 0 Å². The zero-order valence-electron chi connectivity index (χ0n) is 12.2. The number of nitrogens with zero attached hydrogens (tertiary/aromatic N) is 2. The van der Waals surface area contributed by atoms with Gasteiger partial charge in [-0.3, -0.25) is 5.73 Å². The van der Waals surface area contributed by atoms with Gasteiger partial charge in [0.1, 0.15) is 17.4 Å². The normalized spacial score (nSPS) is 21.8. The fourth-order valence-corrected chi connectivity index (χ4v) is 2.52. The first-order chi connectivity index (χ1) is 10.1. The Bertz CT molecular complexity index is 671. The smallest absolute Gasteiger partial charge is 0.240 e. The van der Waals surface area contributed by atoms with Crippen molar-refractivity contribution in [2.24, 2.45) is 21.5 Å². The van der Waals surface area contributed by atoms with Crippen molar-refractivity contribution in [1.29, 1.82) is 0 Å². The molecule has 0 spiro atoms. The van der Waals surface area contributed by atoms with E-state index < -0.39 is 17.3 Å². The first-order valence-corrected chi connectivity index (χ1v) is 7.10. The highest BCUT2D eigenvalue weighted by Crippen LogP contribution is 2.39. The van der Waals surface area contributed by atoms with Gasteiger partial charge in [0.05, 0.1) is 17.1 Å². The van der Waals surface area contributed by atoms with Gasteiger partial charge in [-0.15, -0.1) is 0 Å². The number of rotatable bonds is 3. The SMILES string of the molecule is COc1c(Br)ccc(F)c1C1(N)N=C(N)NC(C(C)(C)F)=N1. The van der Waals surface area contributed by atoms with E-state index in [9.17, 15) is 8.78 Å². The van der Waals surface area contributed by atoms with Gasteiger partial charge in [0.15, 0.2) is 11.6 Å². The molecule has 0 bridgehead atoms. The van der Waals surface area contributed by atoms with Crippen LogP contribution in [0.4, 0.5) is 8.78 Å². The quantitative estimate of drug-likeness (QED) is 0.749. The lowest BCUT2D eigenvalue weighted by Gasteiger charge is -2.32. The van der Waals surface area contributed by atoms with Crippen LogP contribution >= 0.6 is 15.9 Å². The number of amidine groups is 1. The second-order valence-electron chi connectivity index (χ2n) is 5.22. The van der Waals surface area contributed by atoms with E-state index in [4.69, 9.17) is 16.2 Å². The van der Waals surface area contributed by atoms with Crippen LogP contribution in [0.5, 0.6) is 5.75 Å². The van der Waals surface area contributed by atoms with Gasteiger partial charge in [-0.2, -0.15) is 0 Å². The van der Waals surface area contributed by atoms with Gasteiger partial charge < -0.3 is 15.8 Å². The summed E-state index contributed by atoms with van der Waals surface area (Å²) < 4.78 is 34.1. The molecule has 2 rings (SSSR count). The number of hydrogen-bond donors (Lipinski definition) is 3. The van der Waals surface area contributed by atoms with E-state index in [2.05, 4.69) is 31.2 Å². The fourth-order valence-electron chi connectivity index (χ4n) is 2.03. The number of halogens is 3. The van der Waals surface area contributed by atoms with Crippen LogP contribution in [0.2, 0.25) is 0 Å². The van der Waals surface area contributed by atoms with Crippen molar-refractivity contribution in [2.75, 3.05) is 7.11 Å². The molecule has 0 fully saturated rings. The molecule has 1 atom stereocenters. The lowest BCUT2D eigenvalue weighted by atomic mass is 10.0. The largest absolute Gasteiger partial charge is 0.495 e. The molecule has 1 aromatic carbocycles. The summed E-state index contributed by atoms with van der Waals surface area (Å²) in [6, 6.07) is 2.64. The molecule has 1 unspecified atom stereocenters. The average molecular weight is 376 g/mol. The minimum Gasteiger partial charge on any atom is -0.495 e. The van der Waals surface area contributed by atoms with Crippen LogP contribution in [0.3, 0.4) is 0 Å². The van der Waals surface area contributed by atoms with Crippen molar-refractivity contribution in [1.82, 2.24) is 5.32 Å². The van der Waals surface area contributed by atoms with E-state index in [1.807, 2.05) is 0 Å². The lowest BCUT2D eigenvalue weighted by molar-refractivity contribution is 0.299. The molecule has 0 aromatic heterocycles. The first-order valence-electron chi connectivity index (χ1n) is 6.31. The zero-order chi connectivity index (χ0) is 16.7. The van der Waals surface area contributed by atoms with Crippen LogP contribution in [0, 0.1) is 5.82 Å². The Kier molecular flexibility index (Phi) is 4.14. The van der Waals surface area contributed by atoms with E-state index in [-0.39, 0.29) is 23.1 Å². The number of alkyl halides is 1. The lowest BCUT2D eigenvalue weighted by Crippen LogP contribution is -2.54. The predicted octanol–water partition coefficient (Wildman–Crippen LogP) is 1.73. The molecular formula is C13H16BrF2N5O. The first kappa shape index (κ1) is 16.6. The van der Waals surface area contributed by atoms with Crippen LogP contribution in [0.1, 0.15) is 19.4 Å². The maximum Gasteiger partial charge on any atom is 0.240 e. The number of nitrogens with two attached hydrogens (primary N) is 2. The summed E-state index contributed by atoms with van der Waals surface area (Å²) in [6.45, 7) is 2.54. The Morgan fingerprint density at radius 3 is 2.55 bits per heavy atom. The fraction of sp³-hybridized carbons (Fsp3) is 0.385. The summed E-state index contributed by atoms with van der Waals surface area (Å²) in [4.78, 5) is 7.94. The molecule has 5 N–H and O–H groups in total. The maximum atomic E-state index is 14.3. The molecule has 1 heterocycles. The summed E-state index contributed by atoms with van der Waals surface area (Å²) in [5.74, 6) is -2.84. The van der Waals surface area contributed by atoms with Crippen molar-refractivity contribution >= 4 is 27.7 Å². The van der Waals surface area contributed by atoms with Crippen LogP contribution in [-0.2, 0) is 5.79 Å². The van der Waals surface area contributed by atoms with Crippen LogP contribution in [0.25, 0.3) is 0 Å². The summed E-state index contributed by atoms with van der Waals surface area (Å²) in [5.41, 5.74) is 9.75. The van der Waals surface area contributed by atoms with E-state index in [1.54, 1.807) is 0 Å². The second-order valence-corrected chi connectivity index (χ2v) is 6.07. The van der Waals surface area contributed by atoms with Crippen molar-refractivity contribution in [3.05, 3.63) is 28.0 Å². The van der Waals surface area contributed by atoms with E-state index in [0.29, 0.717) is 4.47 Å². The van der Waals surface area contributed by atoms with Gasteiger partial charge in [-0.1, -0.05) is 0 Å². The minimum absolute atomic E-state index is 0.112. The predicted molar refractivity (Wildman–Crippen MR) is 83.9 cm³/mol. The molecule has 0 radical (unpaired) electrons. The molecule has 1 aromatic rings. The van der Waals surface area contributed by atoms with E-state index >= 15 is 0 Å². The molecular weight excluding hydrogens is 360 g/mol. The molecule has 0 aliphatic carbocycles. The highest BCUT2D eigenvalue weighted by atomic mass is 79.9. The van der Waals surface area contributed by atoms with Gasteiger partial charge in [0, 0.05) is 0 Å². The van der Waals surface area contributed by atoms with Crippen LogP contribution in [0.15, 0.2) is 26.6 Å². The molecule has 0 saturated heterocycles. The van der Waals surface area contributed by atoms with Crippen molar-refractivity contribution < 1.29 is 13.5 Å². The number of methoxy groups -OCH3 is 1. The molecule has 22 heavy (non-hydrogen) atoms. The van der Waals surface area contributed by atoms with Gasteiger partial charge >= 0.3 is 0 Å². The molecule has 1 aliphatic rings. The molecule has 0 saturated carbocycles. The van der Waals surface area contributed by atoms with Crippen molar-refractivity contribution in [2.45, 2.75) is 25.3 Å². The number of benzene rings is 1. The summed E-state index contributed by atoms with van der Waals surface area (Å²) in [6.07, 6.45) is 0. The van der Waals surface area contributed by atoms with Gasteiger partial charge in [-0.25, -0.2) is 18.8 Å². The Labute approximate surface area is 134 Å². The Balaban J connectivity index is 2.71. The van der Waals surface area contributed by atoms with Crippen molar-refractivity contribution in [3.63, 3.8) is 0 Å². The number of hydrogen-bond acceptors (Lipinski definition) is 6. The minimum atomic E-state index is -1.94. The highest BCUT2D eigenvalue weighted by Gasteiger charge is 2.40. The number of aliphatic imine (C=N–C) groups is 2.